The number of carbonyl (C=O) groups excluding carboxylic acids is 5. The van der Waals surface area contributed by atoms with Crippen molar-refractivity contribution in [1.82, 2.24) is 20.0 Å². The van der Waals surface area contributed by atoms with Crippen molar-refractivity contribution in [3.05, 3.63) is 131 Å². The molecule has 0 spiro atoms. The van der Waals surface area contributed by atoms with E-state index in [1.165, 1.54) is 0 Å². The van der Waals surface area contributed by atoms with Gasteiger partial charge in [-0.15, -0.1) is 0 Å². The number of rotatable bonds is 11. The van der Waals surface area contributed by atoms with Crippen molar-refractivity contribution in [2.24, 2.45) is 0 Å². The average molecular weight is 797 g/mol. The highest BCUT2D eigenvalue weighted by atomic mass is 16.6. The van der Waals surface area contributed by atoms with Crippen LogP contribution in [0.15, 0.2) is 109 Å². The lowest BCUT2D eigenvalue weighted by atomic mass is 9.96. The van der Waals surface area contributed by atoms with Gasteiger partial charge in [0.05, 0.1) is 0 Å². The van der Waals surface area contributed by atoms with Gasteiger partial charge in [-0.1, -0.05) is 109 Å². The van der Waals surface area contributed by atoms with Gasteiger partial charge in [0.25, 0.3) is 0 Å². The number of nitrogens with zero attached hydrogens (tertiary/aromatic N) is 3. The molecule has 4 aliphatic rings. The number of hydrogen-bond acceptors (Lipinski definition) is 7. The Labute approximate surface area is 345 Å². The Bertz CT molecular complexity index is 2100. The van der Waals surface area contributed by atoms with E-state index < -0.39 is 42.1 Å². The van der Waals surface area contributed by atoms with Gasteiger partial charge in [0.2, 0.25) is 17.7 Å². The van der Waals surface area contributed by atoms with Gasteiger partial charge < -0.3 is 24.6 Å². The first-order chi connectivity index (χ1) is 28.9. The fraction of sp³-hybridized carbons (Fsp3) is 0.396. The maximum Gasteiger partial charge on any atom is 0.410 e. The molecule has 4 aromatic rings. The molecule has 4 amide bonds. The molecule has 0 unspecified atom stereocenters. The first-order valence-corrected chi connectivity index (χ1v) is 21.1. The number of benzene rings is 4. The SMILES string of the molecule is O=C(N[C@H](Cc1ccccc1)C(=O)N1CCC[C@H]1C(=O)OCc1ccccc1)[C@@H]1CCCCN1C(=O)[C@H]1CCCCN1C(=O)OCC1c2ccccc2-c2ccccc21. The molecule has 0 bridgehead atoms. The molecule has 4 atom stereocenters. The number of likely N-dealkylation sites (tertiary alicyclic amines) is 3. The second-order valence-electron chi connectivity index (χ2n) is 16.1. The molecule has 0 aromatic heterocycles. The zero-order valence-corrected chi connectivity index (χ0v) is 33.4. The van der Waals surface area contributed by atoms with Crippen LogP contribution in [0.3, 0.4) is 0 Å². The van der Waals surface area contributed by atoms with Crippen molar-refractivity contribution in [1.29, 1.82) is 0 Å². The number of esters is 1. The third-order valence-electron chi connectivity index (χ3n) is 12.4. The summed E-state index contributed by atoms with van der Waals surface area (Å²) >= 11 is 0. The zero-order chi connectivity index (χ0) is 40.7. The Kier molecular flexibility index (Phi) is 12.4. The third kappa shape index (κ3) is 8.75. The fourth-order valence-electron chi connectivity index (χ4n) is 9.36. The Morgan fingerprint density at radius 1 is 0.576 bits per heavy atom. The second kappa shape index (κ2) is 18.3. The van der Waals surface area contributed by atoms with E-state index in [-0.39, 0.29) is 37.4 Å². The van der Waals surface area contributed by atoms with Crippen molar-refractivity contribution in [3.63, 3.8) is 0 Å². The third-order valence-corrected chi connectivity index (χ3v) is 12.4. The molecule has 59 heavy (non-hydrogen) atoms. The lowest BCUT2D eigenvalue weighted by molar-refractivity contribution is -0.155. The smallest absolute Gasteiger partial charge is 0.410 e. The summed E-state index contributed by atoms with van der Waals surface area (Å²) in [5, 5.41) is 3.04. The van der Waals surface area contributed by atoms with Crippen LogP contribution >= 0.6 is 0 Å². The van der Waals surface area contributed by atoms with E-state index in [2.05, 4.69) is 29.6 Å². The lowest BCUT2D eigenvalue weighted by Gasteiger charge is -2.41. The second-order valence-corrected chi connectivity index (χ2v) is 16.1. The molecule has 3 heterocycles. The molecule has 11 nitrogen and oxygen atoms in total. The summed E-state index contributed by atoms with van der Waals surface area (Å²) in [7, 11) is 0. The normalized spacial score (nSPS) is 20.6. The highest BCUT2D eigenvalue weighted by Gasteiger charge is 2.43. The lowest BCUT2D eigenvalue weighted by Crippen LogP contribution is -2.61. The van der Waals surface area contributed by atoms with E-state index in [4.69, 9.17) is 9.47 Å². The number of nitrogens with one attached hydrogen (secondary N) is 1. The molecular formula is C48H52N4O7. The molecule has 3 fully saturated rings. The standard InChI is InChI=1S/C48H52N4O7/c53-44(49-40(30-33-16-3-1-4-17-33)45(54)51-29-15-26-43(51)47(56)58-31-34-18-5-2-6-19-34)41-24-11-13-27-50(41)46(55)42-25-12-14-28-52(42)48(57)59-32-39-37-22-9-7-20-35(37)36-21-8-10-23-38(36)39/h1-10,16-23,39-43H,11-15,24-32H2,(H,49,53)/t40-,41+,42-,43+/m1/s1. The minimum Gasteiger partial charge on any atom is -0.459 e. The van der Waals surface area contributed by atoms with Gasteiger partial charge in [-0.3, -0.25) is 19.3 Å². The molecule has 0 saturated carbocycles. The molecule has 306 valence electrons. The van der Waals surface area contributed by atoms with E-state index in [0.717, 1.165) is 59.1 Å². The highest BCUT2D eigenvalue weighted by Crippen LogP contribution is 2.44. The Morgan fingerprint density at radius 2 is 1.14 bits per heavy atom. The molecule has 8 rings (SSSR count). The minimum absolute atomic E-state index is 0.105. The number of carbonyl (C=O) groups is 5. The maximum atomic E-state index is 14.5. The molecule has 1 aliphatic carbocycles. The predicted molar refractivity (Wildman–Crippen MR) is 222 cm³/mol. The van der Waals surface area contributed by atoms with Gasteiger partial charge in [-0.2, -0.15) is 0 Å². The molecule has 4 aromatic carbocycles. The summed E-state index contributed by atoms with van der Waals surface area (Å²) in [6.07, 6.45) is 4.67. The van der Waals surface area contributed by atoms with Crippen molar-refractivity contribution in [3.8, 4) is 11.1 Å². The van der Waals surface area contributed by atoms with Crippen molar-refractivity contribution >= 4 is 29.8 Å². The maximum absolute atomic E-state index is 14.5. The molecule has 3 saturated heterocycles. The molecule has 3 aliphatic heterocycles. The van der Waals surface area contributed by atoms with Crippen LogP contribution in [0.2, 0.25) is 0 Å². The quantitative estimate of drug-likeness (QED) is 0.169. The van der Waals surface area contributed by atoms with Crippen LogP contribution in [0, 0.1) is 0 Å². The Hall–Kier alpha value is -5.97. The number of hydrogen-bond donors (Lipinski definition) is 1. The van der Waals surface area contributed by atoms with Gasteiger partial charge in [0.1, 0.15) is 37.4 Å². The van der Waals surface area contributed by atoms with Crippen LogP contribution in [-0.2, 0) is 41.7 Å². The van der Waals surface area contributed by atoms with Gasteiger partial charge >= 0.3 is 12.1 Å². The van der Waals surface area contributed by atoms with Crippen molar-refractivity contribution < 1.29 is 33.4 Å². The summed E-state index contributed by atoms with van der Waals surface area (Å²) in [6, 6.07) is 31.9. The minimum atomic E-state index is -0.974. The Morgan fingerprint density at radius 3 is 1.81 bits per heavy atom. The summed E-state index contributed by atoms with van der Waals surface area (Å²) < 4.78 is 11.7. The first-order valence-electron chi connectivity index (χ1n) is 21.1. The van der Waals surface area contributed by atoms with Crippen LogP contribution in [0.25, 0.3) is 11.1 Å². The van der Waals surface area contributed by atoms with Crippen LogP contribution in [0.1, 0.15) is 79.5 Å². The van der Waals surface area contributed by atoms with Gasteiger partial charge in [-0.05, 0) is 84.7 Å². The van der Waals surface area contributed by atoms with Gasteiger partial charge in [0.15, 0.2) is 0 Å². The number of ether oxygens (including phenoxy) is 2. The van der Waals surface area contributed by atoms with Crippen LogP contribution in [0.4, 0.5) is 4.79 Å². The molecule has 1 N–H and O–H groups in total. The summed E-state index contributed by atoms with van der Waals surface area (Å²) in [4.78, 5) is 75.3. The largest absolute Gasteiger partial charge is 0.459 e. The topological polar surface area (TPSA) is 126 Å². The van der Waals surface area contributed by atoms with Crippen LogP contribution in [0.5, 0.6) is 0 Å². The van der Waals surface area contributed by atoms with E-state index >= 15 is 0 Å². The zero-order valence-electron chi connectivity index (χ0n) is 33.4. The van der Waals surface area contributed by atoms with Crippen LogP contribution in [-0.4, -0.2) is 94.9 Å². The number of amides is 4. The van der Waals surface area contributed by atoms with E-state index in [1.807, 2.05) is 84.9 Å². The Balaban J connectivity index is 0.954. The fourth-order valence-corrected chi connectivity index (χ4v) is 9.36. The monoisotopic (exact) mass is 796 g/mol. The predicted octanol–water partition coefficient (Wildman–Crippen LogP) is 6.63. The van der Waals surface area contributed by atoms with E-state index in [9.17, 15) is 24.0 Å². The molecule has 0 radical (unpaired) electrons. The number of fused-ring (bicyclic) bond motifs is 3. The summed E-state index contributed by atoms with van der Waals surface area (Å²) in [5.41, 5.74) is 6.21. The first kappa shape index (κ1) is 39.8. The van der Waals surface area contributed by atoms with Crippen molar-refractivity contribution in [2.75, 3.05) is 26.2 Å². The van der Waals surface area contributed by atoms with Gasteiger partial charge in [0, 0.05) is 32.0 Å². The van der Waals surface area contributed by atoms with E-state index in [1.54, 1.807) is 14.7 Å². The molecular weight excluding hydrogens is 745 g/mol. The number of piperidine rings is 2. The van der Waals surface area contributed by atoms with Gasteiger partial charge in [-0.25, -0.2) is 9.59 Å². The van der Waals surface area contributed by atoms with E-state index in [0.29, 0.717) is 45.3 Å². The average Bonchev–Trinajstić information content (AvgIpc) is 3.91. The van der Waals surface area contributed by atoms with Crippen LogP contribution < -0.4 is 5.32 Å². The highest BCUT2D eigenvalue weighted by molar-refractivity contribution is 5.95. The molecule has 11 heteroatoms. The summed E-state index contributed by atoms with van der Waals surface area (Å²) in [5.74, 6) is -1.63. The van der Waals surface area contributed by atoms with Crippen molar-refractivity contribution in [2.45, 2.75) is 94.5 Å². The summed E-state index contributed by atoms with van der Waals surface area (Å²) in [6.45, 7) is 1.37.